The first-order valence-corrected chi connectivity index (χ1v) is 8.82. The monoisotopic (exact) mass is 373 g/mol. The lowest BCUT2D eigenvalue weighted by Crippen LogP contribution is -2.41. The summed E-state index contributed by atoms with van der Waals surface area (Å²) in [6.45, 7) is 0. The zero-order chi connectivity index (χ0) is 19.1. The van der Waals surface area contributed by atoms with E-state index in [0.717, 1.165) is 22.3 Å². The number of hydrogen-bond donors (Lipinski definition) is 2. The van der Waals surface area contributed by atoms with E-state index in [9.17, 15) is 9.59 Å². The number of halogens is 1. The van der Waals surface area contributed by atoms with E-state index in [2.05, 4.69) is 4.84 Å². The Kier molecular flexibility index (Phi) is 7.18. The van der Waals surface area contributed by atoms with Crippen molar-refractivity contribution in [3.63, 3.8) is 0 Å². The van der Waals surface area contributed by atoms with Crippen LogP contribution in [0.15, 0.2) is 48.5 Å². The number of carbonyl (C=O) groups is 2. The van der Waals surface area contributed by atoms with E-state index in [4.69, 9.17) is 17.5 Å². The summed E-state index contributed by atoms with van der Waals surface area (Å²) >= 11 is 5.72. The van der Waals surface area contributed by atoms with Crippen molar-refractivity contribution in [2.75, 3.05) is 14.1 Å². The van der Waals surface area contributed by atoms with Gasteiger partial charge in [-0.25, -0.2) is 4.84 Å². The van der Waals surface area contributed by atoms with Crippen LogP contribution in [-0.2, 0) is 22.4 Å². The fourth-order valence-corrected chi connectivity index (χ4v) is 2.86. The Morgan fingerprint density at radius 1 is 1.00 bits per heavy atom. The first-order valence-electron chi connectivity index (χ1n) is 8.44. The van der Waals surface area contributed by atoms with Crippen LogP contribution >= 0.6 is 11.8 Å². The predicted molar refractivity (Wildman–Crippen MR) is 105 cm³/mol. The Morgan fingerprint density at radius 2 is 1.50 bits per heavy atom. The second-order valence-electron chi connectivity index (χ2n) is 6.46. The number of primary amides is 1. The van der Waals surface area contributed by atoms with Crippen LogP contribution in [0.1, 0.15) is 17.5 Å². The van der Waals surface area contributed by atoms with Gasteiger partial charge in [-0.15, -0.1) is 0 Å². The first kappa shape index (κ1) is 19.9. The molecular formula is C20H24ClN3O2. The van der Waals surface area contributed by atoms with E-state index in [1.807, 2.05) is 48.5 Å². The molecule has 0 unspecified atom stereocenters. The molecule has 5 nitrogen and oxygen atoms in total. The van der Waals surface area contributed by atoms with E-state index in [1.165, 1.54) is 4.90 Å². The highest BCUT2D eigenvalue weighted by molar-refractivity contribution is 6.15. The number of nitrogens with zero attached hydrogens (tertiary/aromatic N) is 1. The minimum atomic E-state index is -0.456. The maximum atomic E-state index is 12.0. The van der Waals surface area contributed by atoms with Crippen LogP contribution in [0.4, 0.5) is 0 Å². The third kappa shape index (κ3) is 5.58. The largest absolute Gasteiger partial charge is 0.370 e. The lowest BCUT2D eigenvalue weighted by Gasteiger charge is -2.19. The summed E-state index contributed by atoms with van der Waals surface area (Å²) in [5.41, 5.74) is 9.47. The summed E-state index contributed by atoms with van der Waals surface area (Å²) in [4.78, 5) is 27.0. The lowest BCUT2D eigenvalue weighted by molar-refractivity contribution is -0.130. The fourth-order valence-electron chi connectivity index (χ4n) is 2.68. The molecule has 0 saturated heterocycles. The minimum absolute atomic E-state index is 0.0596. The molecule has 2 aromatic carbocycles. The average Bonchev–Trinajstić information content (AvgIpc) is 2.64. The van der Waals surface area contributed by atoms with Gasteiger partial charge in [0, 0.05) is 20.5 Å². The van der Waals surface area contributed by atoms with Gasteiger partial charge in [-0.1, -0.05) is 48.5 Å². The van der Waals surface area contributed by atoms with Gasteiger partial charge in [0.1, 0.15) is 6.04 Å². The molecule has 0 aliphatic carbocycles. The third-order valence-electron chi connectivity index (χ3n) is 4.21. The molecule has 0 aromatic heterocycles. The Bertz CT molecular complexity index is 743. The van der Waals surface area contributed by atoms with Gasteiger partial charge in [0.05, 0.1) is 0 Å². The number of nitrogens with two attached hydrogens (primary N) is 1. The van der Waals surface area contributed by atoms with Crippen molar-refractivity contribution in [3.05, 3.63) is 59.7 Å². The molecule has 3 N–H and O–H groups in total. The zero-order valence-electron chi connectivity index (χ0n) is 15.0. The molecule has 0 aliphatic rings. The average molecular weight is 374 g/mol. The fraction of sp³-hybridized carbons (Fsp3) is 0.300. The summed E-state index contributed by atoms with van der Waals surface area (Å²) in [5, 5.41) is 0. The van der Waals surface area contributed by atoms with Gasteiger partial charge < -0.3 is 10.6 Å². The molecule has 0 radical (unpaired) electrons. The van der Waals surface area contributed by atoms with Crippen LogP contribution in [0.25, 0.3) is 11.1 Å². The number of likely N-dealkylation sites (N-methyl/N-ethyl adjacent to an activating group) is 1. The molecule has 138 valence electrons. The number of carbonyl (C=O) groups excluding carboxylic acids is 2. The van der Waals surface area contributed by atoms with Gasteiger partial charge in [0.15, 0.2) is 0 Å². The van der Waals surface area contributed by atoms with Gasteiger partial charge in [0.25, 0.3) is 0 Å². The van der Waals surface area contributed by atoms with E-state index >= 15 is 0 Å². The second kappa shape index (κ2) is 9.36. The smallest absolute Gasteiger partial charge is 0.240 e. The highest BCUT2D eigenvalue weighted by atomic mass is 35.5. The Labute approximate surface area is 159 Å². The van der Waals surface area contributed by atoms with Crippen molar-refractivity contribution in [2.45, 2.75) is 25.3 Å². The molecule has 2 aromatic rings. The third-order valence-corrected chi connectivity index (χ3v) is 4.48. The molecule has 0 aliphatic heterocycles. The van der Waals surface area contributed by atoms with Crippen LogP contribution in [0.5, 0.6) is 0 Å². The molecular weight excluding hydrogens is 350 g/mol. The van der Waals surface area contributed by atoms with Crippen molar-refractivity contribution < 1.29 is 9.59 Å². The van der Waals surface area contributed by atoms with Gasteiger partial charge in [-0.2, -0.15) is 0 Å². The molecule has 0 spiro atoms. The Morgan fingerprint density at radius 3 is 1.92 bits per heavy atom. The molecule has 0 fully saturated rings. The second-order valence-corrected chi connectivity index (χ2v) is 6.68. The number of rotatable bonds is 8. The van der Waals surface area contributed by atoms with Gasteiger partial charge in [-0.3, -0.25) is 9.59 Å². The summed E-state index contributed by atoms with van der Waals surface area (Å²) in [6, 6.07) is 15.7. The van der Waals surface area contributed by atoms with Crippen molar-refractivity contribution in [1.29, 1.82) is 0 Å². The maximum Gasteiger partial charge on any atom is 0.240 e. The van der Waals surface area contributed by atoms with Gasteiger partial charge in [-0.05, 0) is 46.9 Å². The van der Waals surface area contributed by atoms with Crippen LogP contribution in [-0.4, -0.2) is 36.9 Å². The molecule has 2 amide bonds. The molecule has 0 saturated carbocycles. The van der Waals surface area contributed by atoms with Crippen LogP contribution in [0, 0.1) is 0 Å². The van der Waals surface area contributed by atoms with Crippen molar-refractivity contribution in [3.8, 4) is 11.1 Å². The number of nitrogens with one attached hydrogen (secondary N) is 1. The Balaban J connectivity index is 2.04. The zero-order valence-corrected chi connectivity index (χ0v) is 15.8. The number of aryl methyl sites for hydroxylation is 1. The van der Waals surface area contributed by atoms with E-state index in [0.29, 0.717) is 19.3 Å². The van der Waals surface area contributed by atoms with Crippen LogP contribution < -0.4 is 10.6 Å². The number of amides is 2. The highest BCUT2D eigenvalue weighted by Gasteiger charge is 2.19. The number of benzene rings is 2. The van der Waals surface area contributed by atoms with Crippen molar-refractivity contribution >= 4 is 23.6 Å². The maximum absolute atomic E-state index is 12.0. The quantitative estimate of drug-likeness (QED) is 0.698. The normalized spacial score (nSPS) is 11.8. The molecule has 6 heteroatoms. The molecule has 2 rings (SSSR count). The standard InChI is InChI=1S/C20H24ClN3O2/c1-24(2)20(26)18(23-21)13-15-5-10-17(11-6-15)16-8-3-14(4-9-16)7-12-19(22)25/h3-6,8-11,18,23H,7,12-13H2,1-2H3,(H2,22,25)/t18-/m0/s1. The van der Waals surface area contributed by atoms with E-state index in [-0.39, 0.29) is 11.8 Å². The van der Waals surface area contributed by atoms with Crippen molar-refractivity contribution in [2.24, 2.45) is 5.73 Å². The molecule has 0 heterocycles. The van der Waals surface area contributed by atoms with Gasteiger partial charge >= 0.3 is 0 Å². The molecule has 26 heavy (non-hydrogen) atoms. The topological polar surface area (TPSA) is 75.4 Å². The minimum Gasteiger partial charge on any atom is -0.370 e. The SMILES string of the molecule is CN(C)C(=O)[C@H](Cc1ccc(-c2ccc(CCC(N)=O)cc2)cc1)NCl. The van der Waals surface area contributed by atoms with Crippen LogP contribution in [0.2, 0.25) is 0 Å². The number of hydrogen-bond acceptors (Lipinski definition) is 3. The lowest BCUT2D eigenvalue weighted by atomic mass is 9.99. The first-order chi connectivity index (χ1) is 12.4. The van der Waals surface area contributed by atoms with E-state index in [1.54, 1.807) is 14.1 Å². The molecule has 1 atom stereocenters. The molecule has 0 bridgehead atoms. The van der Waals surface area contributed by atoms with E-state index < -0.39 is 6.04 Å². The highest BCUT2D eigenvalue weighted by Crippen LogP contribution is 2.21. The summed E-state index contributed by atoms with van der Waals surface area (Å²) < 4.78 is 0. The summed E-state index contributed by atoms with van der Waals surface area (Å²) in [5.74, 6) is -0.349. The summed E-state index contributed by atoms with van der Waals surface area (Å²) in [6.07, 6.45) is 1.53. The van der Waals surface area contributed by atoms with Crippen molar-refractivity contribution in [1.82, 2.24) is 9.74 Å². The predicted octanol–water partition coefficient (Wildman–Crippen LogP) is 2.51. The van der Waals surface area contributed by atoms with Crippen LogP contribution in [0.3, 0.4) is 0 Å². The summed E-state index contributed by atoms with van der Waals surface area (Å²) in [7, 11) is 3.42. The Hall–Kier alpha value is -2.37. The van der Waals surface area contributed by atoms with Gasteiger partial charge in [0.2, 0.25) is 11.8 Å².